The van der Waals surface area contributed by atoms with Crippen LogP contribution in [0, 0.1) is 6.92 Å². The minimum atomic E-state index is -0.101. The maximum atomic E-state index is 12.0. The Hall–Kier alpha value is -2.22. The number of hydrogen-bond acceptors (Lipinski definition) is 6. The number of nitrogens with zero attached hydrogens (tertiary/aromatic N) is 5. The Bertz CT molecular complexity index is 591. The van der Waals surface area contributed by atoms with E-state index in [1.807, 2.05) is 11.9 Å². The van der Waals surface area contributed by atoms with Crippen LogP contribution in [0.1, 0.15) is 25.1 Å². The van der Waals surface area contributed by atoms with E-state index in [1.54, 1.807) is 23.9 Å². The monoisotopic (exact) mass is 292 g/mol. The van der Waals surface area contributed by atoms with Gasteiger partial charge in [-0.2, -0.15) is 10.1 Å². The Labute approximate surface area is 123 Å². The topological polar surface area (TPSA) is 89.1 Å². The number of rotatable bonds is 7. The highest BCUT2D eigenvalue weighted by Gasteiger charge is 2.12. The van der Waals surface area contributed by atoms with Crippen LogP contribution in [0.5, 0.6) is 0 Å². The highest BCUT2D eigenvalue weighted by atomic mass is 16.5. The maximum Gasteiger partial charge on any atom is 0.239 e. The van der Waals surface area contributed by atoms with Crippen LogP contribution in [0.15, 0.2) is 16.8 Å². The first-order valence-corrected chi connectivity index (χ1v) is 6.88. The Morgan fingerprint density at radius 3 is 3.00 bits per heavy atom. The lowest BCUT2D eigenvalue weighted by Crippen LogP contribution is -2.30. The van der Waals surface area contributed by atoms with Crippen LogP contribution in [0.3, 0.4) is 0 Å². The molecule has 8 nitrogen and oxygen atoms in total. The summed E-state index contributed by atoms with van der Waals surface area (Å²) < 4.78 is 6.68. The number of hydrogen-bond donors (Lipinski definition) is 1. The molecule has 2 rings (SSSR count). The van der Waals surface area contributed by atoms with Crippen molar-refractivity contribution >= 4 is 11.7 Å². The van der Waals surface area contributed by atoms with Crippen LogP contribution >= 0.6 is 0 Å². The molecule has 2 aromatic rings. The van der Waals surface area contributed by atoms with Gasteiger partial charge in [0.1, 0.15) is 5.82 Å². The molecular weight excluding hydrogens is 272 g/mol. The van der Waals surface area contributed by atoms with Crippen molar-refractivity contribution in [3.05, 3.63) is 24.0 Å². The van der Waals surface area contributed by atoms with Crippen molar-refractivity contribution in [3.63, 3.8) is 0 Å². The van der Waals surface area contributed by atoms with Crippen LogP contribution in [0.4, 0.5) is 5.82 Å². The van der Waals surface area contributed by atoms with Crippen LogP contribution in [0.2, 0.25) is 0 Å². The number of likely N-dealkylation sites (N-methyl/N-ethyl adjacent to an activating group) is 1. The van der Waals surface area contributed by atoms with E-state index < -0.39 is 0 Å². The van der Waals surface area contributed by atoms with Crippen molar-refractivity contribution < 1.29 is 9.32 Å². The second-order valence-electron chi connectivity index (χ2n) is 4.89. The molecule has 0 aliphatic rings. The zero-order valence-electron chi connectivity index (χ0n) is 12.5. The third-order valence-electron chi connectivity index (χ3n) is 2.81. The maximum absolute atomic E-state index is 12.0. The summed E-state index contributed by atoms with van der Waals surface area (Å²) in [6.45, 7) is 5.27. The molecule has 0 aromatic carbocycles. The van der Waals surface area contributed by atoms with E-state index in [-0.39, 0.29) is 12.5 Å². The van der Waals surface area contributed by atoms with E-state index in [0.717, 1.165) is 13.0 Å². The predicted octanol–water partition coefficient (Wildman–Crippen LogP) is 1.06. The fourth-order valence-corrected chi connectivity index (χ4v) is 1.96. The molecule has 2 heterocycles. The molecule has 0 aliphatic carbocycles. The highest BCUT2D eigenvalue weighted by molar-refractivity contribution is 5.91. The Morgan fingerprint density at radius 1 is 1.52 bits per heavy atom. The number of aryl methyl sites for hydroxylation is 2. The smallest absolute Gasteiger partial charge is 0.239 e. The number of aromatic nitrogens is 4. The fraction of sp³-hybridized carbons (Fsp3) is 0.538. The molecule has 8 heteroatoms. The molecule has 0 saturated carbocycles. The number of nitrogens with one attached hydrogen (secondary N) is 1. The third-order valence-corrected chi connectivity index (χ3v) is 2.81. The molecular formula is C13H20N6O2. The summed E-state index contributed by atoms with van der Waals surface area (Å²) in [5.41, 5.74) is 0. The van der Waals surface area contributed by atoms with Gasteiger partial charge in [0, 0.05) is 19.5 Å². The van der Waals surface area contributed by atoms with Crippen molar-refractivity contribution in [2.75, 3.05) is 18.9 Å². The standard InChI is InChI=1S/C13H20N6O2/c1-4-7-19-12(5-6-14-19)16-13(20)9-18(3)8-11-15-10(2)21-17-11/h5-6H,4,7-9H2,1-3H3,(H,16,20). The van der Waals surface area contributed by atoms with E-state index >= 15 is 0 Å². The van der Waals surface area contributed by atoms with Gasteiger partial charge in [-0.1, -0.05) is 12.1 Å². The van der Waals surface area contributed by atoms with Gasteiger partial charge in [-0.15, -0.1) is 0 Å². The van der Waals surface area contributed by atoms with Gasteiger partial charge in [-0.3, -0.25) is 9.69 Å². The van der Waals surface area contributed by atoms with Crippen LogP contribution in [-0.2, 0) is 17.9 Å². The second-order valence-corrected chi connectivity index (χ2v) is 4.89. The van der Waals surface area contributed by atoms with Crippen molar-refractivity contribution in [3.8, 4) is 0 Å². The minimum Gasteiger partial charge on any atom is -0.340 e. The minimum absolute atomic E-state index is 0.101. The Balaban J connectivity index is 1.84. The van der Waals surface area contributed by atoms with Gasteiger partial charge in [0.2, 0.25) is 11.8 Å². The van der Waals surface area contributed by atoms with E-state index in [1.165, 1.54) is 0 Å². The van der Waals surface area contributed by atoms with Crippen molar-refractivity contribution in [1.29, 1.82) is 0 Å². The van der Waals surface area contributed by atoms with Crippen LogP contribution < -0.4 is 5.32 Å². The summed E-state index contributed by atoms with van der Waals surface area (Å²) >= 11 is 0. The number of carbonyl (C=O) groups excluding carboxylic acids is 1. The number of carbonyl (C=O) groups is 1. The summed E-state index contributed by atoms with van der Waals surface area (Å²) in [7, 11) is 1.83. The van der Waals surface area contributed by atoms with Crippen molar-refractivity contribution in [1.82, 2.24) is 24.8 Å². The molecule has 0 unspecified atom stereocenters. The van der Waals surface area contributed by atoms with Crippen molar-refractivity contribution in [2.45, 2.75) is 33.4 Å². The Morgan fingerprint density at radius 2 is 2.33 bits per heavy atom. The molecule has 0 radical (unpaired) electrons. The largest absolute Gasteiger partial charge is 0.340 e. The van der Waals surface area contributed by atoms with E-state index in [4.69, 9.17) is 4.52 Å². The van der Waals surface area contributed by atoms with Crippen LogP contribution in [0.25, 0.3) is 0 Å². The van der Waals surface area contributed by atoms with Crippen molar-refractivity contribution in [2.24, 2.45) is 0 Å². The molecule has 0 spiro atoms. The first-order chi connectivity index (χ1) is 10.1. The van der Waals surface area contributed by atoms with Crippen LogP contribution in [-0.4, -0.2) is 44.3 Å². The second kappa shape index (κ2) is 6.98. The summed E-state index contributed by atoms with van der Waals surface area (Å²) in [5, 5.41) is 10.8. The van der Waals surface area contributed by atoms with Gasteiger partial charge >= 0.3 is 0 Å². The Kier molecular flexibility index (Phi) is 5.04. The molecule has 21 heavy (non-hydrogen) atoms. The molecule has 2 aromatic heterocycles. The fourth-order valence-electron chi connectivity index (χ4n) is 1.96. The zero-order chi connectivity index (χ0) is 15.2. The SMILES string of the molecule is CCCn1nccc1NC(=O)CN(C)Cc1noc(C)n1. The molecule has 0 atom stereocenters. The van der Waals surface area contributed by atoms with Gasteiger partial charge in [0.05, 0.1) is 19.3 Å². The molecule has 0 aliphatic heterocycles. The highest BCUT2D eigenvalue weighted by Crippen LogP contribution is 2.07. The third kappa shape index (κ3) is 4.38. The van der Waals surface area contributed by atoms with E-state index in [0.29, 0.717) is 24.1 Å². The normalized spacial score (nSPS) is 11.0. The molecule has 0 saturated heterocycles. The van der Waals surface area contributed by atoms with Gasteiger partial charge in [0.25, 0.3) is 0 Å². The lowest BCUT2D eigenvalue weighted by Gasteiger charge is -2.14. The summed E-state index contributed by atoms with van der Waals surface area (Å²) in [6, 6.07) is 1.79. The first-order valence-electron chi connectivity index (χ1n) is 6.88. The number of amides is 1. The summed E-state index contributed by atoms with van der Waals surface area (Å²) in [4.78, 5) is 17.9. The van der Waals surface area contributed by atoms with Gasteiger partial charge in [-0.25, -0.2) is 4.68 Å². The molecule has 1 N–H and O–H groups in total. The molecule has 114 valence electrons. The average Bonchev–Trinajstić information content (AvgIpc) is 3.00. The summed E-state index contributed by atoms with van der Waals surface area (Å²) in [5.74, 6) is 1.70. The molecule has 0 fully saturated rings. The number of anilines is 1. The average molecular weight is 292 g/mol. The quantitative estimate of drug-likeness (QED) is 0.820. The summed E-state index contributed by atoms with van der Waals surface area (Å²) in [6.07, 6.45) is 2.64. The first kappa shape index (κ1) is 15.2. The lowest BCUT2D eigenvalue weighted by atomic mass is 10.4. The van der Waals surface area contributed by atoms with Gasteiger partial charge in [-0.05, 0) is 13.5 Å². The molecule has 1 amide bonds. The van der Waals surface area contributed by atoms with Gasteiger partial charge in [0.15, 0.2) is 5.82 Å². The van der Waals surface area contributed by atoms with Gasteiger partial charge < -0.3 is 9.84 Å². The molecule has 0 bridgehead atoms. The predicted molar refractivity (Wildman–Crippen MR) is 76.5 cm³/mol. The van der Waals surface area contributed by atoms with E-state index in [2.05, 4.69) is 27.5 Å². The van der Waals surface area contributed by atoms with E-state index in [9.17, 15) is 4.79 Å². The lowest BCUT2D eigenvalue weighted by molar-refractivity contribution is -0.117. The zero-order valence-corrected chi connectivity index (χ0v) is 12.5.